The number of hydrogen-bond donors (Lipinski definition) is 1. The van der Waals surface area contributed by atoms with E-state index in [0.29, 0.717) is 48.5 Å². The zero-order chi connectivity index (χ0) is 40.6. The van der Waals surface area contributed by atoms with Gasteiger partial charge in [-0.05, 0) is 78.8 Å². The van der Waals surface area contributed by atoms with Crippen LogP contribution in [0.3, 0.4) is 0 Å². The Morgan fingerprint density at radius 1 is 0.828 bits per heavy atom. The number of aromatic nitrogens is 2. The van der Waals surface area contributed by atoms with Crippen LogP contribution in [-0.2, 0) is 27.3 Å². The fraction of sp³-hybridized carbons (Fsp3) is 0.574. The maximum absolute atomic E-state index is 14.1. The molecule has 1 N–H and O–H groups in total. The van der Waals surface area contributed by atoms with Crippen LogP contribution >= 0.6 is 11.6 Å². The highest BCUT2D eigenvalue weighted by Crippen LogP contribution is 2.44. The normalized spacial score (nSPS) is 21.0. The van der Waals surface area contributed by atoms with Crippen LogP contribution in [0.1, 0.15) is 166 Å². The number of halogens is 1. The van der Waals surface area contributed by atoms with Gasteiger partial charge in [-0.1, -0.05) is 114 Å². The third kappa shape index (κ3) is 9.75. The number of hydrogen-bond acceptors (Lipinski definition) is 7. The molecule has 10 nitrogen and oxygen atoms in total. The molecule has 2 aromatic carbocycles. The van der Waals surface area contributed by atoms with E-state index < -0.39 is 6.04 Å². The number of amides is 4. The molecule has 2 saturated heterocycles. The number of anilines is 1. The van der Waals surface area contributed by atoms with Gasteiger partial charge in [-0.3, -0.25) is 24.5 Å². The van der Waals surface area contributed by atoms with Crippen LogP contribution < -0.4 is 10.2 Å². The zero-order valence-corrected chi connectivity index (χ0v) is 35.3. The molecule has 0 bridgehead atoms. The number of rotatable bonds is 18. The van der Waals surface area contributed by atoms with Gasteiger partial charge in [-0.2, -0.15) is 0 Å². The van der Waals surface area contributed by atoms with Gasteiger partial charge in [0.15, 0.2) is 0 Å². The van der Waals surface area contributed by atoms with E-state index >= 15 is 0 Å². The quantitative estimate of drug-likeness (QED) is 0.101. The highest BCUT2D eigenvalue weighted by atomic mass is 35.5. The number of aryl methyl sites for hydroxylation is 1. The monoisotopic (exact) mass is 808 g/mol. The second kappa shape index (κ2) is 19.6. The lowest BCUT2D eigenvalue weighted by molar-refractivity contribution is -0.137. The Hall–Kier alpha value is -4.31. The Kier molecular flexibility index (Phi) is 14.2. The lowest BCUT2D eigenvalue weighted by atomic mass is 9.91. The molecule has 4 amide bonds. The van der Waals surface area contributed by atoms with Crippen LogP contribution in [0, 0.1) is 0 Å². The highest BCUT2D eigenvalue weighted by Gasteiger charge is 2.40. The molecule has 3 aliphatic heterocycles. The van der Waals surface area contributed by atoms with Gasteiger partial charge in [0.25, 0.3) is 5.91 Å². The van der Waals surface area contributed by atoms with Gasteiger partial charge < -0.3 is 14.7 Å². The van der Waals surface area contributed by atoms with Crippen molar-refractivity contribution in [3.63, 3.8) is 0 Å². The minimum absolute atomic E-state index is 0.101. The molecule has 0 spiro atoms. The maximum atomic E-state index is 14.1. The molecule has 0 radical (unpaired) electrons. The van der Waals surface area contributed by atoms with Gasteiger partial charge in [0.2, 0.25) is 17.7 Å². The first kappa shape index (κ1) is 41.8. The molecule has 1 aromatic heterocycles. The molecule has 7 rings (SSSR count). The Balaban J connectivity index is 0.774. The summed E-state index contributed by atoms with van der Waals surface area (Å²) < 4.78 is 0. The first-order valence-electron chi connectivity index (χ1n) is 22.1. The number of benzene rings is 2. The van der Waals surface area contributed by atoms with Crippen molar-refractivity contribution >= 4 is 41.0 Å². The number of nitrogens with one attached hydrogen (secondary N) is 1. The average Bonchev–Trinajstić information content (AvgIpc) is 3.72. The van der Waals surface area contributed by atoms with Crippen molar-refractivity contribution in [2.45, 2.75) is 147 Å². The van der Waals surface area contributed by atoms with Gasteiger partial charge in [0, 0.05) is 55.3 Å². The van der Waals surface area contributed by atoms with Gasteiger partial charge >= 0.3 is 0 Å². The molecular formula is C47H61ClN6O4. The molecule has 4 aliphatic rings. The van der Waals surface area contributed by atoms with E-state index in [1.165, 1.54) is 68.2 Å². The molecule has 4 atom stereocenters. The average molecular weight is 809 g/mol. The number of nitrogens with zero attached hydrogens (tertiary/aromatic N) is 5. The molecule has 2 fully saturated rings. The summed E-state index contributed by atoms with van der Waals surface area (Å²) in [7, 11) is 0. The van der Waals surface area contributed by atoms with E-state index in [0.717, 1.165) is 68.6 Å². The van der Waals surface area contributed by atoms with Crippen LogP contribution in [0.15, 0.2) is 48.8 Å². The number of unbranched alkanes of at least 4 members (excludes halogenated alkanes) is 10. The summed E-state index contributed by atoms with van der Waals surface area (Å²) in [6.45, 7) is 7.97. The van der Waals surface area contributed by atoms with E-state index in [4.69, 9.17) is 16.6 Å². The lowest BCUT2D eigenvalue weighted by Crippen LogP contribution is -2.52. The summed E-state index contributed by atoms with van der Waals surface area (Å²) in [5.74, 6) is 1.34. The van der Waals surface area contributed by atoms with E-state index in [1.54, 1.807) is 11.2 Å². The fourth-order valence-electron chi connectivity index (χ4n) is 9.90. The first-order chi connectivity index (χ1) is 28.2. The molecule has 0 saturated carbocycles. The summed E-state index contributed by atoms with van der Waals surface area (Å²) in [5.41, 5.74) is 6.51. The first-order valence-corrected chi connectivity index (χ1v) is 22.5. The highest BCUT2D eigenvalue weighted by molar-refractivity contribution is 6.30. The molecule has 1 unspecified atom stereocenters. The van der Waals surface area contributed by atoms with Crippen molar-refractivity contribution in [1.82, 2.24) is 25.1 Å². The number of carbonyl (C=O) groups excluding carboxylic acids is 4. The van der Waals surface area contributed by atoms with E-state index in [1.807, 2.05) is 36.4 Å². The van der Waals surface area contributed by atoms with E-state index in [9.17, 15) is 19.2 Å². The van der Waals surface area contributed by atoms with Crippen LogP contribution in [0.25, 0.3) is 0 Å². The Labute approximate surface area is 349 Å². The number of imide groups is 1. The molecule has 58 heavy (non-hydrogen) atoms. The van der Waals surface area contributed by atoms with Gasteiger partial charge in [-0.25, -0.2) is 9.97 Å². The lowest BCUT2D eigenvalue weighted by Gasteiger charge is -2.38. The van der Waals surface area contributed by atoms with Crippen molar-refractivity contribution in [2.24, 2.45) is 0 Å². The molecule has 310 valence electrons. The summed E-state index contributed by atoms with van der Waals surface area (Å²) in [6, 6.07) is 13.2. The van der Waals surface area contributed by atoms with Crippen molar-refractivity contribution in [2.75, 3.05) is 31.1 Å². The van der Waals surface area contributed by atoms with Gasteiger partial charge in [0.1, 0.15) is 18.2 Å². The van der Waals surface area contributed by atoms with Crippen molar-refractivity contribution in [3.8, 4) is 0 Å². The number of carbonyl (C=O) groups is 4. The molecule has 3 aromatic rings. The van der Waals surface area contributed by atoms with Crippen LogP contribution in [0.4, 0.5) is 5.82 Å². The zero-order valence-electron chi connectivity index (χ0n) is 34.5. The summed E-state index contributed by atoms with van der Waals surface area (Å²) >= 11 is 6.24. The van der Waals surface area contributed by atoms with Gasteiger partial charge in [0.05, 0.1) is 11.6 Å². The summed E-state index contributed by atoms with van der Waals surface area (Å²) in [6.07, 6.45) is 18.4. The third-order valence-electron chi connectivity index (χ3n) is 13.1. The predicted molar refractivity (Wildman–Crippen MR) is 228 cm³/mol. The van der Waals surface area contributed by atoms with Crippen molar-refractivity contribution in [1.29, 1.82) is 0 Å². The second-order valence-corrected chi connectivity index (χ2v) is 17.7. The standard InChI is InChI=1S/C47H61ClN6O4/c1-32-29-33(2)43-42(32)44(50-31-49-43)52-25-27-53(28-26-52)46(57)37(35-19-21-36(48)22-20-35)17-13-11-9-7-5-3-4-6-8-10-12-15-34-16-14-18-38-39(34)30-54(47(38)58)40-23-24-41(55)51-45(40)56/h14,16,18-22,31-33,37,40H,3-13,15,17,23-30H2,1-2H3,(H,51,55,56)/t32-,33-,37-,40?/m1/s1. The number of piperazine rings is 1. The topological polar surface area (TPSA) is 116 Å². The van der Waals surface area contributed by atoms with E-state index in [2.05, 4.69) is 40.0 Å². The predicted octanol–water partition coefficient (Wildman–Crippen LogP) is 8.86. The summed E-state index contributed by atoms with van der Waals surface area (Å²) in [5, 5.41) is 3.08. The smallest absolute Gasteiger partial charge is 0.255 e. The second-order valence-electron chi connectivity index (χ2n) is 17.2. The third-order valence-corrected chi connectivity index (χ3v) is 13.4. The maximum Gasteiger partial charge on any atom is 0.255 e. The van der Waals surface area contributed by atoms with Gasteiger partial charge in [-0.15, -0.1) is 0 Å². The molecule has 1 aliphatic carbocycles. The van der Waals surface area contributed by atoms with Crippen LogP contribution in [-0.4, -0.2) is 75.6 Å². The minimum atomic E-state index is -0.572. The Bertz CT molecular complexity index is 1930. The Morgan fingerprint density at radius 2 is 1.50 bits per heavy atom. The SMILES string of the molecule is C[C@@H]1C[C@@H](C)c2c1ncnc2N1CCN(C(=O)[C@H](CCCCCCCCCCCCCc2cccc3c2CN(C2CCC(=O)NC2=O)C3=O)c2ccc(Cl)cc2)CC1. The molecule has 11 heteroatoms. The van der Waals surface area contributed by atoms with E-state index in [-0.39, 0.29) is 36.0 Å². The van der Waals surface area contributed by atoms with Crippen molar-refractivity contribution in [3.05, 3.63) is 87.3 Å². The fourth-order valence-corrected chi connectivity index (χ4v) is 10.0. The van der Waals surface area contributed by atoms with Crippen molar-refractivity contribution < 1.29 is 19.2 Å². The largest absolute Gasteiger partial charge is 0.353 e. The number of piperidine rings is 1. The number of fused-ring (bicyclic) bond motifs is 2. The molecular weight excluding hydrogens is 748 g/mol. The van der Waals surface area contributed by atoms with Crippen LogP contribution in [0.5, 0.6) is 0 Å². The molecule has 4 heterocycles. The van der Waals surface area contributed by atoms with Crippen LogP contribution in [0.2, 0.25) is 5.02 Å². The summed E-state index contributed by atoms with van der Waals surface area (Å²) in [4.78, 5) is 66.7. The minimum Gasteiger partial charge on any atom is -0.353 e. The Morgan fingerprint density at radius 3 is 2.19 bits per heavy atom.